The molecule has 0 bridgehead atoms. The second kappa shape index (κ2) is 11.4. The van der Waals surface area contributed by atoms with Crippen LogP contribution < -0.4 is 39.9 Å². The molecule has 0 saturated heterocycles. The van der Waals surface area contributed by atoms with Crippen molar-refractivity contribution in [3.05, 3.63) is 127 Å². The molecular formula is C28H28IP. The van der Waals surface area contributed by atoms with Crippen molar-refractivity contribution in [2.45, 2.75) is 19.3 Å². The van der Waals surface area contributed by atoms with Crippen molar-refractivity contribution < 1.29 is 24.0 Å². The largest absolute Gasteiger partial charge is 1.00 e. The molecule has 0 amide bonds. The van der Waals surface area contributed by atoms with Crippen LogP contribution in [0.2, 0.25) is 0 Å². The summed E-state index contributed by atoms with van der Waals surface area (Å²) in [7, 11) is -1.67. The SMILES string of the molecule is [I-].c1ccc(CCCC[P+](c2ccccc2)(c2ccccc2)c2ccccc2)cc1. The fourth-order valence-corrected chi connectivity index (χ4v) is 8.61. The zero-order valence-corrected chi connectivity index (χ0v) is 20.3. The van der Waals surface area contributed by atoms with Gasteiger partial charge in [-0.2, -0.15) is 0 Å². The van der Waals surface area contributed by atoms with Crippen molar-refractivity contribution >= 4 is 23.2 Å². The predicted molar refractivity (Wildman–Crippen MR) is 129 cm³/mol. The molecule has 0 atom stereocenters. The van der Waals surface area contributed by atoms with Crippen LogP contribution in [0, 0.1) is 0 Å². The van der Waals surface area contributed by atoms with Crippen molar-refractivity contribution in [1.29, 1.82) is 0 Å². The monoisotopic (exact) mass is 522 g/mol. The van der Waals surface area contributed by atoms with Crippen molar-refractivity contribution in [3.8, 4) is 0 Å². The van der Waals surface area contributed by atoms with Crippen LogP contribution >= 0.6 is 7.26 Å². The highest BCUT2D eigenvalue weighted by molar-refractivity contribution is 7.95. The first-order chi connectivity index (χ1) is 14.4. The number of unbranched alkanes of at least 4 members (excludes halogenated alkanes) is 1. The lowest BCUT2D eigenvalue weighted by molar-refractivity contribution is -0.00000565. The van der Waals surface area contributed by atoms with E-state index in [9.17, 15) is 0 Å². The van der Waals surface area contributed by atoms with Crippen LogP contribution in [-0.2, 0) is 6.42 Å². The Bertz CT molecular complexity index is 889. The van der Waals surface area contributed by atoms with Crippen LogP contribution in [0.1, 0.15) is 18.4 Å². The molecule has 0 nitrogen and oxygen atoms in total. The van der Waals surface area contributed by atoms with Gasteiger partial charge in [0.1, 0.15) is 23.2 Å². The highest BCUT2D eigenvalue weighted by Crippen LogP contribution is 2.55. The molecule has 4 rings (SSSR count). The molecular weight excluding hydrogens is 494 g/mol. The summed E-state index contributed by atoms with van der Waals surface area (Å²) in [5.41, 5.74) is 1.44. The molecule has 0 fully saturated rings. The van der Waals surface area contributed by atoms with Gasteiger partial charge in [0.25, 0.3) is 0 Å². The van der Waals surface area contributed by atoms with Crippen LogP contribution in [0.25, 0.3) is 0 Å². The molecule has 0 saturated carbocycles. The summed E-state index contributed by atoms with van der Waals surface area (Å²) in [6.45, 7) is 0. The van der Waals surface area contributed by atoms with Crippen molar-refractivity contribution in [2.75, 3.05) is 6.16 Å². The van der Waals surface area contributed by atoms with Gasteiger partial charge in [-0.1, -0.05) is 84.9 Å². The first kappa shape index (κ1) is 22.7. The van der Waals surface area contributed by atoms with Crippen molar-refractivity contribution in [2.24, 2.45) is 0 Å². The third-order valence-corrected chi connectivity index (χ3v) is 10.2. The molecule has 0 aliphatic rings. The number of hydrogen-bond donors (Lipinski definition) is 0. The summed E-state index contributed by atoms with van der Waals surface area (Å²) < 4.78 is 0. The smallest absolute Gasteiger partial charge is 0.112 e. The molecule has 0 aliphatic carbocycles. The molecule has 4 aromatic rings. The summed E-state index contributed by atoms with van der Waals surface area (Å²) >= 11 is 0. The maximum absolute atomic E-state index is 2.34. The molecule has 0 aromatic heterocycles. The minimum absolute atomic E-state index is 0. The average molecular weight is 522 g/mol. The van der Waals surface area contributed by atoms with Crippen LogP contribution in [0.3, 0.4) is 0 Å². The van der Waals surface area contributed by atoms with E-state index in [0.717, 1.165) is 6.42 Å². The van der Waals surface area contributed by atoms with Gasteiger partial charge in [0.2, 0.25) is 0 Å². The van der Waals surface area contributed by atoms with Gasteiger partial charge in [0, 0.05) is 0 Å². The van der Waals surface area contributed by atoms with Crippen molar-refractivity contribution in [3.63, 3.8) is 0 Å². The zero-order chi connectivity index (χ0) is 19.8. The summed E-state index contributed by atoms with van der Waals surface area (Å²) in [6, 6.07) is 44.5. The highest BCUT2D eigenvalue weighted by atomic mass is 127. The third kappa shape index (κ3) is 5.20. The lowest BCUT2D eigenvalue weighted by Gasteiger charge is -2.27. The fourth-order valence-electron chi connectivity index (χ4n) is 4.20. The molecule has 0 radical (unpaired) electrons. The Hall–Kier alpha value is -1.96. The Kier molecular flexibility index (Phi) is 8.66. The van der Waals surface area contributed by atoms with E-state index in [1.165, 1.54) is 40.5 Å². The van der Waals surface area contributed by atoms with Gasteiger partial charge >= 0.3 is 0 Å². The van der Waals surface area contributed by atoms with E-state index in [1.807, 2.05) is 0 Å². The van der Waals surface area contributed by atoms with E-state index in [1.54, 1.807) is 0 Å². The van der Waals surface area contributed by atoms with Gasteiger partial charge in [0.15, 0.2) is 0 Å². The molecule has 0 spiro atoms. The Morgan fingerprint density at radius 1 is 0.433 bits per heavy atom. The van der Waals surface area contributed by atoms with Crippen molar-refractivity contribution in [1.82, 2.24) is 0 Å². The minimum atomic E-state index is -1.67. The Labute approximate surface area is 198 Å². The summed E-state index contributed by atoms with van der Waals surface area (Å²) in [5.74, 6) is 0. The number of rotatable bonds is 8. The van der Waals surface area contributed by atoms with Gasteiger partial charge in [-0.3, -0.25) is 0 Å². The summed E-state index contributed by atoms with van der Waals surface area (Å²) in [5, 5.41) is 4.45. The molecule has 30 heavy (non-hydrogen) atoms. The average Bonchev–Trinajstić information content (AvgIpc) is 2.82. The number of hydrogen-bond acceptors (Lipinski definition) is 0. The molecule has 152 valence electrons. The number of aryl methyl sites for hydroxylation is 1. The van der Waals surface area contributed by atoms with E-state index in [2.05, 4.69) is 121 Å². The second-order valence-electron chi connectivity index (χ2n) is 7.48. The summed E-state index contributed by atoms with van der Waals surface area (Å²) in [4.78, 5) is 0. The van der Waals surface area contributed by atoms with Gasteiger partial charge in [-0.05, 0) is 61.2 Å². The lowest BCUT2D eigenvalue weighted by atomic mass is 10.1. The molecule has 0 unspecified atom stereocenters. The molecule has 0 heterocycles. The maximum Gasteiger partial charge on any atom is 0.112 e. The van der Waals surface area contributed by atoms with E-state index in [0.29, 0.717) is 0 Å². The Morgan fingerprint density at radius 2 is 0.800 bits per heavy atom. The number of benzene rings is 4. The van der Waals surface area contributed by atoms with E-state index < -0.39 is 7.26 Å². The zero-order valence-electron chi connectivity index (χ0n) is 17.2. The first-order valence-corrected chi connectivity index (χ1v) is 12.5. The maximum atomic E-state index is 2.34. The topological polar surface area (TPSA) is 0 Å². The van der Waals surface area contributed by atoms with E-state index in [-0.39, 0.29) is 24.0 Å². The fraction of sp³-hybridized carbons (Fsp3) is 0.143. The van der Waals surface area contributed by atoms with Gasteiger partial charge in [0.05, 0.1) is 6.16 Å². The number of halogens is 1. The van der Waals surface area contributed by atoms with E-state index >= 15 is 0 Å². The standard InChI is InChI=1S/C28H28P.HI/c1-5-15-25(16-6-1)17-13-14-24-29(26-18-7-2-8-19-26,27-20-9-3-10-21-27)28-22-11-4-12-23-28;/h1-12,15-16,18-23H,13-14,17,24H2;1H/q+1;/p-1. The van der Waals surface area contributed by atoms with Crippen LogP contribution in [-0.4, -0.2) is 6.16 Å². The molecule has 2 heteroatoms. The first-order valence-electron chi connectivity index (χ1n) is 10.5. The molecule has 0 aliphatic heterocycles. The molecule has 0 N–H and O–H groups in total. The van der Waals surface area contributed by atoms with Gasteiger partial charge in [-0.15, -0.1) is 0 Å². The molecule has 4 aromatic carbocycles. The van der Waals surface area contributed by atoms with Crippen LogP contribution in [0.5, 0.6) is 0 Å². The van der Waals surface area contributed by atoms with Crippen LogP contribution in [0.4, 0.5) is 0 Å². The summed E-state index contributed by atoms with van der Waals surface area (Å²) in [6.07, 6.45) is 4.80. The second-order valence-corrected chi connectivity index (χ2v) is 11.1. The Balaban J connectivity index is 0.00000256. The Morgan fingerprint density at radius 3 is 1.20 bits per heavy atom. The third-order valence-electron chi connectivity index (χ3n) is 5.64. The predicted octanol–water partition coefficient (Wildman–Crippen LogP) is 3.01. The van der Waals surface area contributed by atoms with Gasteiger partial charge in [-0.25, -0.2) is 0 Å². The normalized spacial score (nSPS) is 10.9. The van der Waals surface area contributed by atoms with E-state index in [4.69, 9.17) is 0 Å². The quantitative estimate of drug-likeness (QED) is 0.190. The lowest BCUT2D eigenvalue weighted by Crippen LogP contribution is -3.00. The van der Waals surface area contributed by atoms with Crippen LogP contribution in [0.15, 0.2) is 121 Å². The van der Waals surface area contributed by atoms with Gasteiger partial charge < -0.3 is 24.0 Å². The minimum Gasteiger partial charge on any atom is -1.00 e. The highest BCUT2D eigenvalue weighted by Gasteiger charge is 2.44.